The summed E-state index contributed by atoms with van der Waals surface area (Å²) in [5.74, 6) is 0.789. The van der Waals surface area contributed by atoms with E-state index in [-0.39, 0.29) is 4.90 Å². The van der Waals surface area contributed by atoms with E-state index in [0.717, 1.165) is 22.8 Å². The van der Waals surface area contributed by atoms with Crippen molar-refractivity contribution in [2.75, 3.05) is 45.3 Å². The first-order valence-electron chi connectivity index (χ1n) is 10.5. The van der Waals surface area contributed by atoms with E-state index in [2.05, 4.69) is 41.5 Å². The maximum atomic E-state index is 13.3. The molecular formula is C23H27N3O4S2. The first-order chi connectivity index (χ1) is 15.5. The number of aromatic nitrogens is 1. The van der Waals surface area contributed by atoms with Gasteiger partial charge in [-0.05, 0) is 24.1 Å². The Morgan fingerprint density at radius 3 is 2.34 bits per heavy atom. The van der Waals surface area contributed by atoms with Crippen LogP contribution in [0.2, 0.25) is 0 Å². The fourth-order valence-corrected chi connectivity index (χ4v) is 6.18. The maximum absolute atomic E-state index is 13.3. The van der Waals surface area contributed by atoms with Crippen molar-refractivity contribution in [2.45, 2.75) is 18.2 Å². The van der Waals surface area contributed by atoms with Crippen molar-refractivity contribution in [1.82, 2.24) is 9.29 Å². The molecule has 1 fully saturated rings. The molecule has 1 aliphatic rings. The normalized spacial score (nSPS) is 15.0. The van der Waals surface area contributed by atoms with Crippen LogP contribution in [0.5, 0.6) is 11.5 Å². The predicted molar refractivity (Wildman–Crippen MR) is 127 cm³/mol. The lowest BCUT2D eigenvalue weighted by atomic mass is 10.1. The van der Waals surface area contributed by atoms with E-state index in [1.807, 2.05) is 0 Å². The molecule has 0 N–H and O–H groups in total. The standard InChI is InChI=1S/C23H27N3O4S2/c1-4-17-5-7-18(8-6-17)20-16-31-23(24-20)25-11-13-26(14-12-25)32(27,28)22-15-19(29-2)9-10-21(22)30-3/h5-10,15-16H,4,11-14H2,1-3H3. The zero-order valence-electron chi connectivity index (χ0n) is 18.4. The highest BCUT2D eigenvalue weighted by atomic mass is 32.2. The van der Waals surface area contributed by atoms with Gasteiger partial charge in [-0.1, -0.05) is 31.2 Å². The smallest absolute Gasteiger partial charge is 0.247 e. The van der Waals surface area contributed by atoms with Crippen molar-refractivity contribution in [3.05, 3.63) is 53.4 Å². The Balaban J connectivity index is 1.47. The van der Waals surface area contributed by atoms with Crippen LogP contribution in [0.4, 0.5) is 5.13 Å². The number of aryl methyl sites for hydroxylation is 1. The van der Waals surface area contributed by atoms with Crippen LogP contribution in [0.1, 0.15) is 12.5 Å². The SMILES string of the molecule is CCc1ccc(-c2csc(N3CCN(S(=O)(=O)c4cc(OC)ccc4OC)CC3)n2)cc1. The number of nitrogens with zero attached hydrogens (tertiary/aromatic N) is 3. The number of benzene rings is 2. The molecule has 170 valence electrons. The van der Waals surface area contributed by atoms with Crippen molar-refractivity contribution < 1.29 is 17.9 Å². The number of piperazine rings is 1. The van der Waals surface area contributed by atoms with Crippen LogP contribution in [0, 0.1) is 0 Å². The number of anilines is 1. The summed E-state index contributed by atoms with van der Waals surface area (Å²) in [6.45, 7) is 4.05. The molecule has 3 aromatic rings. The van der Waals surface area contributed by atoms with Gasteiger partial charge in [0, 0.05) is 43.2 Å². The summed E-state index contributed by atoms with van der Waals surface area (Å²) in [6, 6.07) is 13.3. The van der Waals surface area contributed by atoms with E-state index < -0.39 is 10.0 Å². The molecule has 0 spiro atoms. The molecule has 2 heterocycles. The van der Waals surface area contributed by atoms with Gasteiger partial charge in [-0.3, -0.25) is 0 Å². The second-order valence-electron chi connectivity index (χ2n) is 7.47. The molecule has 0 aliphatic carbocycles. The second-order valence-corrected chi connectivity index (χ2v) is 10.2. The average molecular weight is 474 g/mol. The minimum Gasteiger partial charge on any atom is -0.497 e. The van der Waals surface area contributed by atoms with Gasteiger partial charge in [0.2, 0.25) is 10.0 Å². The fourth-order valence-electron chi connectivity index (χ4n) is 3.70. The van der Waals surface area contributed by atoms with Crippen molar-refractivity contribution in [3.63, 3.8) is 0 Å². The van der Waals surface area contributed by atoms with Crippen molar-refractivity contribution in [3.8, 4) is 22.8 Å². The van der Waals surface area contributed by atoms with Crippen LogP contribution in [0.25, 0.3) is 11.3 Å². The van der Waals surface area contributed by atoms with E-state index in [4.69, 9.17) is 14.5 Å². The molecule has 0 amide bonds. The predicted octanol–water partition coefficient (Wildman–Crippen LogP) is 3.90. The Morgan fingerprint density at radius 1 is 1.00 bits per heavy atom. The van der Waals surface area contributed by atoms with Gasteiger partial charge in [-0.2, -0.15) is 4.31 Å². The quantitative estimate of drug-likeness (QED) is 0.518. The lowest BCUT2D eigenvalue weighted by Gasteiger charge is -2.34. The Kier molecular flexibility index (Phi) is 6.68. The number of sulfonamides is 1. The number of ether oxygens (including phenoxy) is 2. The molecule has 0 bridgehead atoms. The highest BCUT2D eigenvalue weighted by Crippen LogP contribution is 2.32. The van der Waals surface area contributed by atoms with Gasteiger partial charge in [0.1, 0.15) is 16.4 Å². The largest absolute Gasteiger partial charge is 0.497 e. The molecule has 1 aromatic heterocycles. The van der Waals surface area contributed by atoms with Gasteiger partial charge in [0.05, 0.1) is 19.9 Å². The average Bonchev–Trinajstić information content (AvgIpc) is 3.34. The highest BCUT2D eigenvalue weighted by Gasteiger charge is 2.32. The maximum Gasteiger partial charge on any atom is 0.247 e. The summed E-state index contributed by atoms with van der Waals surface area (Å²) in [5, 5.41) is 2.97. The Morgan fingerprint density at radius 2 is 1.72 bits per heavy atom. The summed E-state index contributed by atoms with van der Waals surface area (Å²) in [7, 11) is -0.725. The van der Waals surface area contributed by atoms with Crippen molar-refractivity contribution in [2.24, 2.45) is 0 Å². The van der Waals surface area contributed by atoms with E-state index in [1.165, 1.54) is 30.2 Å². The molecule has 0 unspecified atom stereocenters. The van der Waals surface area contributed by atoms with E-state index in [0.29, 0.717) is 37.7 Å². The van der Waals surface area contributed by atoms with Crippen molar-refractivity contribution in [1.29, 1.82) is 0 Å². The van der Waals surface area contributed by atoms with Crippen molar-refractivity contribution >= 4 is 26.5 Å². The molecule has 1 saturated heterocycles. The molecule has 9 heteroatoms. The molecule has 0 radical (unpaired) electrons. The van der Waals surface area contributed by atoms with E-state index in [1.54, 1.807) is 23.5 Å². The van der Waals surface area contributed by atoms with Crippen LogP contribution >= 0.6 is 11.3 Å². The summed E-state index contributed by atoms with van der Waals surface area (Å²) in [4.78, 5) is 7.06. The van der Waals surface area contributed by atoms with Gasteiger partial charge in [0.25, 0.3) is 0 Å². The molecule has 2 aromatic carbocycles. The van der Waals surface area contributed by atoms with Gasteiger partial charge < -0.3 is 14.4 Å². The Labute approximate surface area is 193 Å². The number of hydrogen-bond acceptors (Lipinski definition) is 7. The van der Waals surface area contributed by atoms with E-state index in [9.17, 15) is 8.42 Å². The second kappa shape index (κ2) is 9.48. The van der Waals surface area contributed by atoms with Gasteiger partial charge in [-0.25, -0.2) is 13.4 Å². The van der Waals surface area contributed by atoms with E-state index >= 15 is 0 Å². The zero-order valence-corrected chi connectivity index (χ0v) is 20.1. The third kappa shape index (κ3) is 4.46. The monoisotopic (exact) mass is 473 g/mol. The third-order valence-corrected chi connectivity index (χ3v) is 8.47. The van der Waals surface area contributed by atoms with Crippen LogP contribution in [-0.4, -0.2) is 58.1 Å². The lowest BCUT2D eigenvalue weighted by Crippen LogP contribution is -2.48. The Bertz CT molecular complexity index is 1170. The van der Waals surface area contributed by atoms with Crippen LogP contribution < -0.4 is 14.4 Å². The molecule has 7 nitrogen and oxygen atoms in total. The molecule has 4 rings (SSSR count). The fraction of sp³-hybridized carbons (Fsp3) is 0.348. The minimum absolute atomic E-state index is 0.125. The molecular weight excluding hydrogens is 446 g/mol. The highest BCUT2D eigenvalue weighted by molar-refractivity contribution is 7.89. The Hall–Kier alpha value is -2.62. The summed E-state index contributed by atoms with van der Waals surface area (Å²) in [6.07, 6.45) is 1.01. The molecule has 0 saturated carbocycles. The zero-order chi connectivity index (χ0) is 22.7. The topological polar surface area (TPSA) is 72.0 Å². The van der Waals surface area contributed by atoms with Gasteiger partial charge in [-0.15, -0.1) is 11.3 Å². The number of thiazole rings is 1. The van der Waals surface area contributed by atoms with Crippen LogP contribution in [0.15, 0.2) is 52.7 Å². The molecule has 1 aliphatic heterocycles. The summed E-state index contributed by atoms with van der Waals surface area (Å²) < 4.78 is 38.6. The van der Waals surface area contributed by atoms with Gasteiger partial charge >= 0.3 is 0 Å². The summed E-state index contributed by atoms with van der Waals surface area (Å²) >= 11 is 1.59. The molecule has 0 atom stereocenters. The molecule has 32 heavy (non-hydrogen) atoms. The first kappa shape index (κ1) is 22.6. The van der Waals surface area contributed by atoms with Crippen LogP contribution in [-0.2, 0) is 16.4 Å². The van der Waals surface area contributed by atoms with Gasteiger partial charge in [0.15, 0.2) is 5.13 Å². The lowest BCUT2D eigenvalue weighted by molar-refractivity contribution is 0.370. The first-order valence-corrected chi connectivity index (χ1v) is 12.8. The number of methoxy groups -OCH3 is 2. The summed E-state index contributed by atoms with van der Waals surface area (Å²) in [5.41, 5.74) is 3.34. The number of hydrogen-bond donors (Lipinski definition) is 0. The van der Waals surface area contributed by atoms with Crippen LogP contribution in [0.3, 0.4) is 0 Å². The third-order valence-electron chi connectivity index (χ3n) is 5.65. The minimum atomic E-state index is -3.70. The number of rotatable bonds is 7.